The molecule has 0 aromatic heterocycles. The Morgan fingerprint density at radius 2 is 1.02 bits per heavy atom. The van der Waals surface area contributed by atoms with Crippen LogP contribution < -0.4 is 10.2 Å². The number of allylic oxidation sites excluding steroid dienone is 21. The first-order chi connectivity index (χ1) is 30.0. The number of rotatable bonds is 40. The number of hydrogen-bond acceptors (Lipinski definition) is 6. The van der Waals surface area contributed by atoms with Gasteiger partial charge >= 0.3 is 0 Å². The first-order valence-corrected chi connectivity index (χ1v) is 25.0. The van der Waals surface area contributed by atoms with E-state index in [1.54, 1.807) is 6.08 Å². The minimum absolute atomic E-state index is 0.0207. The molecule has 0 heterocycles. The average molecular weight is 879 g/mol. The molecule has 9 heteroatoms. The van der Waals surface area contributed by atoms with E-state index < -0.39 is 26.6 Å². The smallest absolute Gasteiger partial charge is 0.268 e. The Bertz CT molecular complexity index is 1460. The van der Waals surface area contributed by atoms with E-state index >= 15 is 0 Å². The van der Waals surface area contributed by atoms with Crippen LogP contribution in [0.5, 0.6) is 0 Å². The highest BCUT2D eigenvalue weighted by atomic mass is 31.2. The first-order valence-electron chi connectivity index (χ1n) is 23.5. The molecule has 1 amide bonds. The SMILES string of the molecule is C/C=C/CC/C=C/CC/C=C/C(O)C(COP(=O)([O-])OCC[N+](C)(C)C)NC(=O)CCCCCCCC/C=C\C/C=C\C/C=C\C/C=C\C/C=C\C/C=C\C/C=C\C/C=C\CC. The predicted octanol–water partition coefficient (Wildman–Crippen LogP) is 13.0. The molecule has 0 saturated carbocycles. The number of carbonyl (C=O) groups excluding carboxylic acids is 1. The van der Waals surface area contributed by atoms with Gasteiger partial charge in [-0.1, -0.05) is 166 Å². The summed E-state index contributed by atoms with van der Waals surface area (Å²) in [6.07, 6.45) is 65.4. The average Bonchev–Trinajstić information content (AvgIpc) is 3.23. The highest BCUT2D eigenvalue weighted by Gasteiger charge is 2.23. The third-order valence-corrected chi connectivity index (χ3v) is 10.4. The lowest BCUT2D eigenvalue weighted by atomic mass is 10.1. The molecule has 0 rings (SSSR count). The minimum Gasteiger partial charge on any atom is -0.756 e. The molecule has 0 aliphatic rings. The fraction of sp³-hybridized carbons (Fsp3) is 0.566. The molecular weight excluding hydrogens is 792 g/mol. The molecule has 62 heavy (non-hydrogen) atoms. The van der Waals surface area contributed by atoms with Crippen LogP contribution in [0.15, 0.2) is 134 Å². The number of phosphoric acid groups is 1. The van der Waals surface area contributed by atoms with Crippen molar-refractivity contribution in [2.24, 2.45) is 0 Å². The zero-order chi connectivity index (χ0) is 45.7. The Morgan fingerprint density at radius 3 is 1.50 bits per heavy atom. The van der Waals surface area contributed by atoms with E-state index in [-0.39, 0.29) is 12.5 Å². The van der Waals surface area contributed by atoms with Crippen LogP contribution in [0.1, 0.15) is 142 Å². The lowest BCUT2D eigenvalue weighted by Gasteiger charge is -2.29. The van der Waals surface area contributed by atoms with E-state index in [1.807, 2.05) is 40.2 Å². The zero-order valence-corrected chi connectivity index (χ0v) is 40.4. The second kappa shape index (κ2) is 42.9. The molecule has 0 aromatic carbocycles. The first kappa shape index (κ1) is 58.6. The maximum absolute atomic E-state index is 12.8. The van der Waals surface area contributed by atoms with Crippen LogP contribution in [0.3, 0.4) is 0 Å². The van der Waals surface area contributed by atoms with Crippen LogP contribution in [0.4, 0.5) is 0 Å². The molecule has 0 radical (unpaired) electrons. The van der Waals surface area contributed by atoms with E-state index in [1.165, 1.54) is 0 Å². The summed E-state index contributed by atoms with van der Waals surface area (Å²) in [7, 11) is 1.19. The summed E-state index contributed by atoms with van der Waals surface area (Å²) in [5.74, 6) is -0.238. The van der Waals surface area contributed by atoms with Gasteiger partial charge in [0, 0.05) is 6.42 Å². The quantitative estimate of drug-likeness (QED) is 0.0275. The van der Waals surface area contributed by atoms with Crippen LogP contribution in [-0.4, -0.2) is 68.5 Å². The molecule has 3 unspecified atom stereocenters. The van der Waals surface area contributed by atoms with Crippen molar-refractivity contribution in [1.82, 2.24) is 5.32 Å². The number of aliphatic hydroxyl groups excluding tert-OH is 1. The van der Waals surface area contributed by atoms with Gasteiger partial charge in [-0.05, 0) is 103 Å². The number of amides is 1. The summed E-state index contributed by atoms with van der Waals surface area (Å²) in [6, 6.07) is -0.925. The van der Waals surface area contributed by atoms with Crippen molar-refractivity contribution in [3.8, 4) is 0 Å². The fourth-order valence-corrected chi connectivity index (χ4v) is 6.46. The van der Waals surface area contributed by atoms with Crippen LogP contribution >= 0.6 is 7.82 Å². The van der Waals surface area contributed by atoms with Crippen LogP contribution in [0, 0.1) is 0 Å². The molecule has 0 spiro atoms. The predicted molar refractivity (Wildman–Crippen MR) is 265 cm³/mol. The highest BCUT2D eigenvalue weighted by Crippen LogP contribution is 2.38. The Hall–Kier alpha value is -3.36. The largest absolute Gasteiger partial charge is 0.756 e. The van der Waals surface area contributed by atoms with Crippen molar-refractivity contribution >= 4 is 13.7 Å². The number of aliphatic hydroxyl groups is 1. The number of nitrogens with zero attached hydrogens (tertiary/aromatic N) is 1. The van der Waals surface area contributed by atoms with Crippen molar-refractivity contribution in [2.75, 3.05) is 40.9 Å². The van der Waals surface area contributed by atoms with E-state index in [0.29, 0.717) is 23.9 Å². The molecule has 350 valence electrons. The number of likely N-dealkylation sites (N-methyl/N-ethyl adjacent to an activating group) is 1. The molecule has 0 aromatic rings. The van der Waals surface area contributed by atoms with Gasteiger partial charge in [0.2, 0.25) is 5.91 Å². The lowest BCUT2D eigenvalue weighted by Crippen LogP contribution is -2.45. The van der Waals surface area contributed by atoms with E-state index in [9.17, 15) is 19.4 Å². The Kier molecular flexibility index (Phi) is 40.6. The van der Waals surface area contributed by atoms with Crippen molar-refractivity contribution in [3.63, 3.8) is 0 Å². The van der Waals surface area contributed by atoms with Gasteiger partial charge in [-0.25, -0.2) is 0 Å². The number of nitrogens with one attached hydrogen (secondary N) is 1. The summed E-state index contributed by atoms with van der Waals surface area (Å²) >= 11 is 0. The Morgan fingerprint density at radius 1 is 0.597 bits per heavy atom. The molecular formula is C53H87N2O6P. The number of unbranched alkanes of at least 4 members (excludes halogenated alkanes) is 8. The third kappa shape index (κ3) is 44.7. The summed E-state index contributed by atoms with van der Waals surface area (Å²) in [4.78, 5) is 25.2. The van der Waals surface area contributed by atoms with Gasteiger partial charge in [-0.2, -0.15) is 0 Å². The van der Waals surface area contributed by atoms with Gasteiger partial charge in [0.25, 0.3) is 7.82 Å². The fourth-order valence-electron chi connectivity index (χ4n) is 5.73. The van der Waals surface area contributed by atoms with Crippen molar-refractivity contribution in [2.45, 2.75) is 154 Å². The van der Waals surface area contributed by atoms with Gasteiger partial charge in [-0.3, -0.25) is 9.36 Å². The van der Waals surface area contributed by atoms with E-state index in [2.05, 4.69) is 128 Å². The van der Waals surface area contributed by atoms with Gasteiger partial charge < -0.3 is 28.8 Å². The molecule has 0 aliphatic heterocycles. The monoisotopic (exact) mass is 879 g/mol. The molecule has 3 atom stereocenters. The normalized spacial score (nSPS) is 15.4. The van der Waals surface area contributed by atoms with Crippen LogP contribution in [0.25, 0.3) is 0 Å². The maximum atomic E-state index is 12.8. The molecule has 0 fully saturated rings. The standard InChI is InChI=1S/C53H87N2O6P/c1-6-8-10-12-14-16-17-18-19-20-21-22-23-24-25-26-27-28-29-30-31-32-33-34-35-36-37-39-41-43-45-47-53(57)54-51(50-61-62(58,59)60-49-48-55(3,4)5)52(56)46-44-42-40-38-15-13-11-9-7-2/h7-10,14-16,18-19,21-22,24-25,27-28,30-31,33-34,38,44,46,51-52,56H,6,11-13,17,20,23,26,29,32,35-37,39-43,45,47-50H2,1-5H3,(H-,54,57,58,59)/b9-7+,10-8-,16-14-,19-18-,22-21-,25-24-,28-27-,31-30-,34-33-,38-15+,46-44+. The minimum atomic E-state index is -4.61. The highest BCUT2D eigenvalue weighted by molar-refractivity contribution is 7.45. The van der Waals surface area contributed by atoms with Gasteiger partial charge in [0.05, 0.1) is 39.9 Å². The van der Waals surface area contributed by atoms with E-state index in [0.717, 1.165) is 116 Å². The number of carbonyl (C=O) groups is 1. The number of quaternary nitrogens is 1. The second-order valence-corrected chi connectivity index (χ2v) is 17.8. The molecule has 0 bridgehead atoms. The second-order valence-electron chi connectivity index (χ2n) is 16.4. The summed E-state index contributed by atoms with van der Waals surface area (Å²) in [6.45, 7) is 4.21. The van der Waals surface area contributed by atoms with Crippen molar-refractivity contribution in [3.05, 3.63) is 134 Å². The van der Waals surface area contributed by atoms with Crippen molar-refractivity contribution in [1.29, 1.82) is 0 Å². The lowest BCUT2D eigenvalue weighted by molar-refractivity contribution is -0.870. The van der Waals surface area contributed by atoms with E-state index in [4.69, 9.17) is 9.05 Å². The number of hydrogen-bond donors (Lipinski definition) is 2. The zero-order valence-electron chi connectivity index (χ0n) is 39.5. The number of phosphoric ester groups is 1. The third-order valence-electron chi connectivity index (χ3n) is 9.42. The summed E-state index contributed by atoms with van der Waals surface area (Å²) in [5.41, 5.74) is 0. The molecule has 8 nitrogen and oxygen atoms in total. The molecule has 0 aliphatic carbocycles. The van der Waals surface area contributed by atoms with Gasteiger partial charge in [0.15, 0.2) is 0 Å². The van der Waals surface area contributed by atoms with Crippen LogP contribution in [0.2, 0.25) is 0 Å². The van der Waals surface area contributed by atoms with Crippen LogP contribution in [-0.2, 0) is 18.4 Å². The summed E-state index contributed by atoms with van der Waals surface area (Å²) < 4.78 is 23.1. The molecule has 0 saturated heterocycles. The Balaban J connectivity index is 4.25. The van der Waals surface area contributed by atoms with Crippen molar-refractivity contribution < 1.29 is 32.9 Å². The maximum Gasteiger partial charge on any atom is 0.268 e. The molecule has 2 N–H and O–H groups in total. The van der Waals surface area contributed by atoms with Gasteiger partial charge in [0.1, 0.15) is 13.2 Å². The topological polar surface area (TPSA) is 108 Å². The Labute approximate surface area is 379 Å². The van der Waals surface area contributed by atoms with Gasteiger partial charge in [-0.15, -0.1) is 0 Å². The summed E-state index contributed by atoms with van der Waals surface area (Å²) in [5, 5.41) is 13.7.